The number of thiophene rings is 1. The normalized spacial score (nSPS) is 14.7. The van der Waals surface area contributed by atoms with E-state index in [1.165, 1.54) is 28.6 Å². The Morgan fingerprint density at radius 3 is 2.57 bits per heavy atom. The van der Waals surface area contributed by atoms with E-state index in [9.17, 15) is 9.59 Å². The van der Waals surface area contributed by atoms with Gasteiger partial charge in [0.15, 0.2) is 5.16 Å². The van der Waals surface area contributed by atoms with Gasteiger partial charge in [-0.3, -0.25) is 14.2 Å². The predicted molar refractivity (Wildman–Crippen MR) is 125 cm³/mol. The van der Waals surface area contributed by atoms with Crippen LogP contribution in [-0.2, 0) is 17.6 Å². The average molecular weight is 442 g/mol. The summed E-state index contributed by atoms with van der Waals surface area (Å²) >= 11 is 2.98. The molecule has 2 aromatic heterocycles. The van der Waals surface area contributed by atoms with E-state index in [2.05, 4.69) is 5.32 Å². The van der Waals surface area contributed by atoms with Crippen LogP contribution in [0.15, 0.2) is 34.2 Å². The third-order valence-corrected chi connectivity index (χ3v) is 7.57. The van der Waals surface area contributed by atoms with Gasteiger partial charge < -0.3 is 5.32 Å². The number of nitrogens with zero attached hydrogens (tertiary/aromatic N) is 2. The van der Waals surface area contributed by atoms with Gasteiger partial charge in [-0.15, -0.1) is 11.3 Å². The fraction of sp³-hybridized carbons (Fsp3) is 0.435. The first-order valence-electron chi connectivity index (χ1n) is 10.5. The number of thioether (sulfide) groups is 1. The van der Waals surface area contributed by atoms with Crippen LogP contribution in [0.25, 0.3) is 15.9 Å². The summed E-state index contributed by atoms with van der Waals surface area (Å²) in [4.78, 5) is 33.2. The van der Waals surface area contributed by atoms with Crippen molar-refractivity contribution in [3.63, 3.8) is 0 Å². The van der Waals surface area contributed by atoms with E-state index in [1.807, 2.05) is 52.0 Å². The van der Waals surface area contributed by atoms with Crippen LogP contribution < -0.4 is 10.9 Å². The molecular weight excluding hydrogens is 414 g/mol. The molecule has 0 radical (unpaired) electrons. The highest BCUT2D eigenvalue weighted by molar-refractivity contribution is 8.00. The van der Waals surface area contributed by atoms with E-state index in [0.717, 1.165) is 40.7 Å². The van der Waals surface area contributed by atoms with Crippen LogP contribution in [0.2, 0.25) is 0 Å². The molecule has 3 aromatic rings. The molecule has 7 heteroatoms. The van der Waals surface area contributed by atoms with Crippen LogP contribution in [0.4, 0.5) is 0 Å². The zero-order valence-electron chi connectivity index (χ0n) is 17.8. The summed E-state index contributed by atoms with van der Waals surface area (Å²) in [5.74, 6) is -0.0507. The molecule has 1 aromatic carbocycles. The summed E-state index contributed by atoms with van der Waals surface area (Å²) in [6.45, 7) is 7.77. The second-order valence-corrected chi connectivity index (χ2v) is 10.6. The number of hydrogen-bond acceptors (Lipinski definition) is 5. The summed E-state index contributed by atoms with van der Waals surface area (Å²) in [5.41, 5.74) is 3.08. The Bertz CT molecular complexity index is 1150. The quantitative estimate of drug-likeness (QED) is 0.463. The predicted octanol–water partition coefficient (Wildman–Crippen LogP) is 4.64. The molecule has 30 heavy (non-hydrogen) atoms. The Hall–Kier alpha value is -2.12. The maximum Gasteiger partial charge on any atom is 0.267 e. The molecule has 1 N–H and O–H groups in total. The fourth-order valence-electron chi connectivity index (χ4n) is 3.80. The molecule has 0 spiro atoms. The standard InChI is InChI=1S/C23H27N3O2S2/c1-13(2)24-20(27)15(4)29-23-25-21-19(17-7-5-6-8-18(17)30-21)22(28)26(23)16-11-9-14(3)10-12-16/h9-13,15H,5-8H2,1-4H3,(H,24,27). The lowest BCUT2D eigenvalue weighted by molar-refractivity contribution is -0.120. The molecule has 1 aliphatic carbocycles. The molecule has 5 nitrogen and oxygen atoms in total. The molecule has 0 aliphatic heterocycles. The van der Waals surface area contributed by atoms with Gasteiger partial charge in [-0.2, -0.15) is 0 Å². The number of carbonyl (C=O) groups excluding carboxylic acids is 1. The third-order valence-electron chi connectivity index (χ3n) is 5.33. The molecule has 4 rings (SSSR count). The van der Waals surface area contributed by atoms with Crippen molar-refractivity contribution in [2.75, 3.05) is 0 Å². The van der Waals surface area contributed by atoms with Crippen LogP contribution in [0, 0.1) is 6.92 Å². The van der Waals surface area contributed by atoms with Crippen molar-refractivity contribution >= 4 is 39.2 Å². The monoisotopic (exact) mass is 441 g/mol. The van der Waals surface area contributed by atoms with Gasteiger partial charge in [-0.05, 0) is 71.1 Å². The van der Waals surface area contributed by atoms with Crippen molar-refractivity contribution < 1.29 is 4.79 Å². The highest BCUT2D eigenvalue weighted by atomic mass is 32.2. The number of fused-ring (bicyclic) bond motifs is 3. The molecule has 0 saturated heterocycles. The highest BCUT2D eigenvalue weighted by Crippen LogP contribution is 2.35. The number of nitrogens with one attached hydrogen (secondary N) is 1. The molecule has 0 fully saturated rings. The van der Waals surface area contributed by atoms with Crippen LogP contribution in [0.3, 0.4) is 0 Å². The first-order chi connectivity index (χ1) is 14.3. The van der Waals surface area contributed by atoms with Crippen LogP contribution in [0.1, 0.15) is 49.6 Å². The lowest BCUT2D eigenvalue weighted by Crippen LogP contribution is -2.36. The van der Waals surface area contributed by atoms with E-state index >= 15 is 0 Å². The summed E-state index contributed by atoms with van der Waals surface area (Å²) < 4.78 is 1.69. The second-order valence-electron chi connectivity index (χ2n) is 8.18. The molecule has 0 saturated carbocycles. The Balaban J connectivity index is 1.87. The van der Waals surface area contributed by atoms with Gasteiger partial charge in [0.1, 0.15) is 4.83 Å². The Kier molecular flexibility index (Phi) is 6.02. The number of aromatic nitrogens is 2. The van der Waals surface area contributed by atoms with Crippen molar-refractivity contribution in [1.82, 2.24) is 14.9 Å². The average Bonchev–Trinajstić information content (AvgIpc) is 3.07. The smallest absolute Gasteiger partial charge is 0.267 e. The first-order valence-corrected chi connectivity index (χ1v) is 12.2. The zero-order chi connectivity index (χ0) is 21.4. The Morgan fingerprint density at radius 2 is 1.87 bits per heavy atom. The number of rotatable bonds is 5. The number of hydrogen-bond donors (Lipinski definition) is 1. The fourth-order valence-corrected chi connectivity index (χ4v) is 6.04. The van der Waals surface area contributed by atoms with Gasteiger partial charge >= 0.3 is 0 Å². The molecule has 1 amide bonds. The summed E-state index contributed by atoms with van der Waals surface area (Å²) in [7, 11) is 0. The lowest BCUT2D eigenvalue weighted by Gasteiger charge is -2.17. The molecule has 2 heterocycles. The summed E-state index contributed by atoms with van der Waals surface area (Å²) in [6, 6.07) is 7.97. The largest absolute Gasteiger partial charge is 0.353 e. The SMILES string of the molecule is Cc1ccc(-n2c(SC(C)C(=O)NC(C)C)nc3sc4c(c3c2=O)CCCC4)cc1. The molecule has 158 valence electrons. The van der Waals surface area contributed by atoms with E-state index in [-0.39, 0.29) is 22.8 Å². The van der Waals surface area contributed by atoms with E-state index < -0.39 is 0 Å². The van der Waals surface area contributed by atoms with Gasteiger partial charge in [-0.1, -0.05) is 29.5 Å². The number of carbonyl (C=O) groups is 1. The van der Waals surface area contributed by atoms with Crippen molar-refractivity contribution in [1.29, 1.82) is 0 Å². The van der Waals surface area contributed by atoms with Crippen molar-refractivity contribution in [3.05, 3.63) is 50.6 Å². The van der Waals surface area contributed by atoms with E-state index in [0.29, 0.717) is 5.16 Å². The minimum Gasteiger partial charge on any atom is -0.353 e. The van der Waals surface area contributed by atoms with Gasteiger partial charge in [-0.25, -0.2) is 4.98 Å². The summed E-state index contributed by atoms with van der Waals surface area (Å²) in [6.07, 6.45) is 4.25. The number of amides is 1. The molecule has 1 atom stereocenters. The van der Waals surface area contributed by atoms with E-state index in [1.54, 1.807) is 15.9 Å². The van der Waals surface area contributed by atoms with E-state index in [4.69, 9.17) is 4.98 Å². The third kappa shape index (κ3) is 4.05. The minimum absolute atomic E-state index is 0.0257. The van der Waals surface area contributed by atoms with Crippen LogP contribution in [0.5, 0.6) is 0 Å². The second kappa shape index (κ2) is 8.55. The molecule has 1 aliphatic rings. The van der Waals surface area contributed by atoms with Gasteiger partial charge in [0, 0.05) is 10.9 Å². The summed E-state index contributed by atoms with van der Waals surface area (Å²) in [5, 5.41) is 3.92. The highest BCUT2D eigenvalue weighted by Gasteiger charge is 2.25. The van der Waals surface area contributed by atoms with Crippen molar-refractivity contribution in [3.8, 4) is 5.69 Å². The van der Waals surface area contributed by atoms with Crippen LogP contribution in [-0.4, -0.2) is 26.8 Å². The Morgan fingerprint density at radius 1 is 1.17 bits per heavy atom. The molecule has 1 unspecified atom stereocenters. The van der Waals surface area contributed by atoms with Crippen molar-refractivity contribution in [2.24, 2.45) is 0 Å². The molecular formula is C23H27N3O2S2. The number of aryl methyl sites for hydroxylation is 3. The van der Waals surface area contributed by atoms with Gasteiger partial charge in [0.05, 0.1) is 16.3 Å². The van der Waals surface area contributed by atoms with Crippen molar-refractivity contribution in [2.45, 2.75) is 69.8 Å². The van der Waals surface area contributed by atoms with Gasteiger partial charge in [0.25, 0.3) is 5.56 Å². The maximum absolute atomic E-state index is 13.7. The first kappa shape index (κ1) is 21.1. The Labute approximate surface area is 184 Å². The molecule has 0 bridgehead atoms. The number of benzene rings is 1. The lowest BCUT2D eigenvalue weighted by atomic mass is 9.97. The van der Waals surface area contributed by atoms with Crippen LogP contribution >= 0.6 is 23.1 Å². The zero-order valence-corrected chi connectivity index (χ0v) is 19.5. The minimum atomic E-state index is -0.358. The topological polar surface area (TPSA) is 64.0 Å². The van der Waals surface area contributed by atoms with Gasteiger partial charge in [0.2, 0.25) is 5.91 Å². The maximum atomic E-state index is 13.7.